The van der Waals surface area contributed by atoms with E-state index in [0.29, 0.717) is 24.8 Å². The van der Waals surface area contributed by atoms with Crippen molar-refractivity contribution in [3.05, 3.63) is 45.1 Å². The fraction of sp³-hybridized carbons (Fsp3) is 0.565. The Labute approximate surface area is 177 Å². The zero-order valence-corrected chi connectivity index (χ0v) is 18.1. The van der Waals surface area contributed by atoms with E-state index >= 15 is 0 Å². The highest BCUT2D eigenvalue weighted by Gasteiger charge is 2.26. The fourth-order valence-corrected chi connectivity index (χ4v) is 4.66. The predicted molar refractivity (Wildman–Crippen MR) is 115 cm³/mol. The predicted octanol–water partition coefficient (Wildman–Crippen LogP) is 3.40. The van der Waals surface area contributed by atoms with Crippen molar-refractivity contribution >= 4 is 0 Å². The van der Waals surface area contributed by atoms with E-state index in [9.17, 15) is 4.79 Å². The minimum atomic E-state index is 0.0129. The van der Waals surface area contributed by atoms with Gasteiger partial charge in [0, 0.05) is 44.1 Å². The highest BCUT2D eigenvalue weighted by Crippen LogP contribution is 2.36. The molecule has 1 aliphatic carbocycles. The van der Waals surface area contributed by atoms with Crippen molar-refractivity contribution in [3.63, 3.8) is 0 Å². The Morgan fingerprint density at radius 3 is 2.40 bits per heavy atom. The van der Waals surface area contributed by atoms with Crippen molar-refractivity contribution < 1.29 is 14.2 Å². The lowest BCUT2D eigenvalue weighted by atomic mass is 9.88. The molecule has 0 bridgehead atoms. The average Bonchev–Trinajstić information content (AvgIpc) is 2.79. The van der Waals surface area contributed by atoms with E-state index in [1.807, 2.05) is 12.1 Å². The molecule has 1 aliphatic heterocycles. The third-order valence-electron chi connectivity index (χ3n) is 6.36. The Morgan fingerprint density at radius 1 is 1.07 bits per heavy atom. The summed E-state index contributed by atoms with van der Waals surface area (Å²) in [5.41, 5.74) is 2.71. The molecule has 1 fully saturated rings. The highest BCUT2D eigenvalue weighted by molar-refractivity contribution is 5.50. The van der Waals surface area contributed by atoms with Crippen LogP contribution in [0.4, 0.5) is 0 Å². The number of rotatable bonds is 6. The lowest BCUT2D eigenvalue weighted by molar-refractivity contribution is 0.233. The van der Waals surface area contributed by atoms with Gasteiger partial charge in [-0.3, -0.25) is 9.69 Å². The summed E-state index contributed by atoms with van der Waals surface area (Å²) in [6.07, 6.45) is 6.78. The molecule has 7 nitrogen and oxygen atoms in total. The van der Waals surface area contributed by atoms with E-state index in [2.05, 4.69) is 9.88 Å². The van der Waals surface area contributed by atoms with Crippen LogP contribution >= 0.6 is 0 Å². The van der Waals surface area contributed by atoms with Crippen LogP contribution in [0.1, 0.15) is 60.7 Å². The van der Waals surface area contributed by atoms with Crippen molar-refractivity contribution in [2.45, 2.75) is 57.5 Å². The molecule has 2 aromatic rings. The minimum absolute atomic E-state index is 0.0129. The smallest absolute Gasteiger partial charge is 0.255 e. The van der Waals surface area contributed by atoms with Gasteiger partial charge in [-0.1, -0.05) is 19.3 Å². The number of nitrogens with one attached hydrogen (secondary N) is 1. The van der Waals surface area contributed by atoms with E-state index in [4.69, 9.17) is 19.2 Å². The lowest BCUT2D eigenvalue weighted by Gasteiger charge is -2.29. The molecule has 1 aromatic carbocycles. The molecule has 2 heterocycles. The zero-order chi connectivity index (χ0) is 21.1. The monoisotopic (exact) mass is 413 g/mol. The molecule has 0 amide bonds. The molecule has 0 spiro atoms. The quantitative estimate of drug-likeness (QED) is 0.782. The van der Waals surface area contributed by atoms with Crippen molar-refractivity contribution in [2.75, 3.05) is 27.9 Å². The van der Waals surface area contributed by atoms with Crippen LogP contribution in [0.3, 0.4) is 0 Å². The van der Waals surface area contributed by atoms with Gasteiger partial charge in [0.15, 0.2) is 0 Å². The minimum Gasteiger partial charge on any atom is -0.496 e. The van der Waals surface area contributed by atoms with E-state index in [0.717, 1.165) is 60.0 Å². The number of aromatic nitrogens is 2. The Hall–Kier alpha value is -2.54. The van der Waals surface area contributed by atoms with Crippen molar-refractivity contribution in [1.82, 2.24) is 14.9 Å². The van der Waals surface area contributed by atoms with Gasteiger partial charge in [0.25, 0.3) is 5.56 Å². The van der Waals surface area contributed by atoms with Gasteiger partial charge in [-0.05, 0) is 12.8 Å². The summed E-state index contributed by atoms with van der Waals surface area (Å²) in [6, 6.07) is 3.72. The highest BCUT2D eigenvalue weighted by atomic mass is 16.5. The van der Waals surface area contributed by atoms with Gasteiger partial charge in [-0.15, -0.1) is 0 Å². The second-order valence-corrected chi connectivity index (χ2v) is 8.18. The normalized spacial score (nSPS) is 17.4. The summed E-state index contributed by atoms with van der Waals surface area (Å²) < 4.78 is 16.5. The van der Waals surface area contributed by atoms with Crippen molar-refractivity contribution in [1.29, 1.82) is 0 Å². The summed E-state index contributed by atoms with van der Waals surface area (Å²) in [5, 5.41) is 0. The molecule has 7 heteroatoms. The number of aromatic amines is 1. The maximum absolute atomic E-state index is 12.9. The van der Waals surface area contributed by atoms with Crippen LogP contribution in [0.5, 0.6) is 17.2 Å². The first kappa shape index (κ1) is 20.7. The van der Waals surface area contributed by atoms with Crippen molar-refractivity contribution in [3.8, 4) is 17.2 Å². The first-order valence-electron chi connectivity index (χ1n) is 10.8. The summed E-state index contributed by atoms with van der Waals surface area (Å²) in [4.78, 5) is 23.1. The maximum Gasteiger partial charge on any atom is 0.255 e. The summed E-state index contributed by atoms with van der Waals surface area (Å²) in [6.45, 7) is 2.03. The first-order valence-corrected chi connectivity index (χ1v) is 10.8. The molecule has 30 heavy (non-hydrogen) atoms. The second kappa shape index (κ2) is 9.08. The van der Waals surface area contributed by atoms with Gasteiger partial charge < -0.3 is 19.2 Å². The van der Waals surface area contributed by atoms with Gasteiger partial charge in [-0.2, -0.15) is 0 Å². The molecule has 1 saturated carbocycles. The van der Waals surface area contributed by atoms with E-state index in [-0.39, 0.29) is 5.56 Å². The molecule has 2 aliphatic rings. The Balaban J connectivity index is 1.56. The van der Waals surface area contributed by atoms with Crippen LogP contribution in [0.15, 0.2) is 16.9 Å². The SMILES string of the molecule is COc1cc(OC)c(CN2CCc3nc(C4CCCCC4)[nH]c(=O)c3C2)c(OC)c1. The third-order valence-corrected chi connectivity index (χ3v) is 6.36. The zero-order valence-electron chi connectivity index (χ0n) is 18.1. The Kier molecular flexibility index (Phi) is 6.27. The van der Waals surface area contributed by atoms with E-state index in [1.165, 1.54) is 19.3 Å². The van der Waals surface area contributed by atoms with Crippen LogP contribution in [0.25, 0.3) is 0 Å². The summed E-state index contributed by atoms with van der Waals surface area (Å²) >= 11 is 0. The number of benzene rings is 1. The molecule has 0 unspecified atom stereocenters. The fourth-order valence-electron chi connectivity index (χ4n) is 4.66. The largest absolute Gasteiger partial charge is 0.496 e. The Bertz CT molecular complexity index is 925. The van der Waals surface area contributed by atoms with Crippen LogP contribution in [-0.2, 0) is 19.5 Å². The molecule has 4 rings (SSSR count). The number of hydrogen-bond acceptors (Lipinski definition) is 6. The first-order chi connectivity index (χ1) is 14.6. The number of hydrogen-bond donors (Lipinski definition) is 1. The van der Waals surface area contributed by atoms with Gasteiger partial charge in [0.05, 0.1) is 38.2 Å². The van der Waals surface area contributed by atoms with Crippen LogP contribution in [-0.4, -0.2) is 42.7 Å². The van der Waals surface area contributed by atoms with Crippen molar-refractivity contribution in [2.24, 2.45) is 0 Å². The molecular weight excluding hydrogens is 382 g/mol. The van der Waals surface area contributed by atoms with Gasteiger partial charge in [0.1, 0.15) is 23.1 Å². The second-order valence-electron chi connectivity index (χ2n) is 8.18. The number of ether oxygens (including phenoxy) is 3. The van der Waals surface area contributed by atoms with Gasteiger partial charge in [0.2, 0.25) is 0 Å². The maximum atomic E-state index is 12.9. The number of H-pyrrole nitrogens is 1. The van der Waals surface area contributed by atoms with Gasteiger partial charge in [-0.25, -0.2) is 4.98 Å². The Morgan fingerprint density at radius 2 is 1.77 bits per heavy atom. The molecule has 0 atom stereocenters. The van der Waals surface area contributed by atoms with Crippen LogP contribution < -0.4 is 19.8 Å². The lowest BCUT2D eigenvalue weighted by Crippen LogP contribution is -2.36. The van der Waals surface area contributed by atoms with Crippen LogP contribution in [0.2, 0.25) is 0 Å². The van der Waals surface area contributed by atoms with E-state index < -0.39 is 0 Å². The molecular formula is C23H31N3O4. The molecule has 162 valence electrons. The van der Waals surface area contributed by atoms with Gasteiger partial charge >= 0.3 is 0 Å². The number of fused-ring (bicyclic) bond motifs is 1. The average molecular weight is 414 g/mol. The number of nitrogens with zero attached hydrogens (tertiary/aromatic N) is 2. The van der Waals surface area contributed by atoms with Crippen LogP contribution in [0, 0.1) is 0 Å². The summed E-state index contributed by atoms with van der Waals surface area (Å²) in [5.74, 6) is 3.42. The third kappa shape index (κ3) is 4.17. The molecule has 1 aromatic heterocycles. The molecule has 1 N–H and O–H groups in total. The standard InChI is InChI=1S/C23H31N3O4/c1-28-16-11-20(29-2)18(21(12-16)30-3)14-26-10-9-19-17(13-26)23(27)25-22(24-19)15-7-5-4-6-8-15/h11-12,15H,4-10,13-14H2,1-3H3,(H,24,25,27). The van der Waals surface area contributed by atoms with E-state index in [1.54, 1.807) is 21.3 Å². The molecule has 0 radical (unpaired) electrons. The topological polar surface area (TPSA) is 76.7 Å². The number of methoxy groups -OCH3 is 3. The summed E-state index contributed by atoms with van der Waals surface area (Å²) in [7, 11) is 4.91. The molecule has 0 saturated heterocycles.